The van der Waals surface area contributed by atoms with E-state index in [1.54, 1.807) is 49.6 Å². The van der Waals surface area contributed by atoms with Gasteiger partial charge >= 0.3 is 0 Å². The summed E-state index contributed by atoms with van der Waals surface area (Å²) < 4.78 is 10.9. The minimum Gasteiger partial charge on any atom is -0.507 e. The van der Waals surface area contributed by atoms with E-state index in [2.05, 4.69) is 0 Å². The molecule has 174 valence electrons. The van der Waals surface area contributed by atoms with Crippen LogP contribution in [0.4, 0.5) is 5.69 Å². The number of carbonyl (C=O) groups excluding carboxylic acids is 2. The Morgan fingerprint density at radius 1 is 0.971 bits per heavy atom. The lowest BCUT2D eigenvalue weighted by Crippen LogP contribution is -2.29. The number of methoxy groups -OCH3 is 1. The van der Waals surface area contributed by atoms with Crippen LogP contribution in [0.25, 0.3) is 5.76 Å². The van der Waals surface area contributed by atoms with E-state index in [-0.39, 0.29) is 11.3 Å². The predicted octanol–water partition coefficient (Wildman–Crippen LogP) is 5.34. The molecule has 0 bridgehead atoms. The average Bonchev–Trinajstić information content (AvgIpc) is 3.10. The van der Waals surface area contributed by atoms with Crippen LogP contribution in [0.15, 0.2) is 72.3 Å². The van der Waals surface area contributed by atoms with Gasteiger partial charge in [-0.3, -0.25) is 14.5 Å². The highest BCUT2D eigenvalue weighted by molar-refractivity contribution is 6.51. The molecule has 1 aliphatic rings. The van der Waals surface area contributed by atoms with Crippen LogP contribution >= 0.6 is 0 Å². The van der Waals surface area contributed by atoms with E-state index in [0.29, 0.717) is 34.9 Å². The topological polar surface area (TPSA) is 76.1 Å². The lowest BCUT2D eigenvalue weighted by molar-refractivity contribution is -0.132. The summed E-state index contributed by atoms with van der Waals surface area (Å²) in [4.78, 5) is 28.0. The van der Waals surface area contributed by atoms with Gasteiger partial charge in [-0.05, 0) is 74.4 Å². The number of ketones is 1. The summed E-state index contributed by atoms with van der Waals surface area (Å²) in [5.74, 6) is -0.290. The number of hydrogen-bond acceptors (Lipinski definition) is 5. The smallest absolute Gasteiger partial charge is 0.300 e. The van der Waals surface area contributed by atoms with E-state index in [4.69, 9.17) is 9.47 Å². The molecule has 1 fully saturated rings. The Hall–Kier alpha value is -4.06. The Morgan fingerprint density at radius 3 is 2.24 bits per heavy atom. The lowest BCUT2D eigenvalue weighted by atomic mass is 9.94. The molecule has 6 heteroatoms. The van der Waals surface area contributed by atoms with Crippen molar-refractivity contribution < 1.29 is 24.2 Å². The first-order valence-electron chi connectivity index (χ1n) is 11.1. The molecule has 0 aromatic heterocycles. The Balaban J connectivity index is 1.90. The molecule has 3 aromatic rings. The molecule has 3 aromatic carbocycles. The van der Waals surface area contributed by atoms with Gasteiger partial charge in [0.1, 0.15) is 17.3 Å². The molecule has 1 aliphatic heterocycles. The fraction of sp³-hybridized carbons (Fsp3) is 0.214. The quantitative estimate of drug-likeness (QED) is 0.307. The Labute approximate surface area is 199 Å². The van der Waals surface area contributed by atoms with Gasteiger partial charge in [0.25, 0.3) is 11.7 Å². The van der Waals surface area contributed by atoms with Gasteiger partial charge in [0, 0.05) is 11.3 Å². The number of aliphatic hydroxyl groups excluding tert-OH is 1. The summed E-state index contributed by atoms with van der Waals surface area (Å²) in [5.41, 5.74) is 3.59. The van der Waals surface area contributed by atoms with Crippen molar-refractivity contribution in [2.75, 3.05) is 18.6 Å². The fourth-order valence-corrected chi connectivity index (χ4v) is 4.21. The van der Waals surface area contributed by atoms with Crippen molar-refractivity contribution in [3.05, 3.63) is 94.6 Å². The Bertz CT molecular complexity index is 1260. The van der Waals surface area contributed by atoms with Gasteiger partial charge in [-0.2, -0.15) is 0 Å². The number of carbonyl (C=O) groups is 2. The highest BCUT2D eigenvalue weighted by Gasteiger charge is 2.47. The number of ether oxygens (including phenoxy) is 2. The summed E-state index contributed by atoms with van der Waals surface area (Å²) in [5, 5.41) is 11.3. The van der Waals surface area contributed by atoms with Crippen molar-refractivity contribution in [1.82, 2.24) is 0 Å². The molecule has 1 unspecified atom stereocenters. The summed E-state index contributed by atoms with van der Waals surface area (Å²) in [7, 11) is 1.57. The van der Waals surface area contributed by atoms with Crippen LogP contribution < -0.4 is 14.4 Å². The van der Waals surface area contributed by atoms with Gasteiger partial charge in [-0.1, -0.05) is 29.8 Å². The van der Waals surface area contributed by atoms with E-state index in [9.17, 15) is 14.7 Å². The van der Waals surface area contributed by atoms with Crippen LogP contribution in [0.1, 0.15) is 35.2 Å². The molecule has 1 heterocycles. The zero-order valence-electron chi connectivity index (χ0n) is 19.7. The second-order valence-electron chi connectivity index (χ2n) is 8.19. The van der Waals surface area contributed by atoms with E-state index in [1.807, 2.05) is 45.0 Å². The maximum absolute atomic E-state index is 13.3. The molecule has 1 amide bonds. The van der Waals surface area contributed by atoms with Gasteiger partial charge < -0.3 is 14.6 Å². The minimum absolute atomic E-state index is 0.0410. The summed E-state index contributed by atoms with van der Waals surface area (Å²) in [6.07, 6.45) is 0. The molecule has 1 saturated heterocycles. The van der Waals surface area contributed by atoms with E-state index in [0.717, 1.165) is 11.1 Å². The van der Waals surface area contributed by atoms with Crippen molar-refractivity contribution in [3.63, 3.8) is 0 Å². The van der Waals surface area contributed by atoms with Crippen LogP contribution in [-0.4, -0.2) is 30.5 Å². The van der Waals surface area contributed by atoms with Gasteiger partial charge in [0.05, 0.1) is 25.3 Å². The van der Waals surface area contributed by atoms with Crippen molar-refractivity contribution in [2.45, 2.75) is 26.8 Å². The van der Waals surface area contributed by atoms with Crippen molar-refractivity contribution in [1.29, 1.82) is 0 Å². The summed E-state index contributed by atoms with van der Waals surface area (Å²) >= 11 is 0. The molecule has 4 rings (SSSR count). The molecular weight excluding hydrogens is 430 g/mol. The standard InChI is InChI=1S/C28H27NO5/c1-5-34-22-13-8-19(9-14-22)25-24(26(30)20-10-15-23(33-4)18(3)16-20)27(31)28(32)29(25)21-11-6-17(2)7-12-21/h6-16,25,30H,5H2,1-4H3/b26-24-. The number of amides is 1. The van der Waals surface area contributed by atoms with Gasteiger partial charge in [0.2, 0.25) is 0 Å². The van der Waals surface area contributed by atoms with Crippen LogP contribution in [0.5, 0.6) is 11.5 Å². The zero-order chi connectivity index (χ0) is 24.4. The molecule has 1 atom stereocenters. The number of rotatable bonds is 6. The van der Waals surface area contributed by atoms with Gasteiger partial charge in [0.15, 0.2) is 0 Å². The van der Waals surface area contributed by atoms with E-state index in [1.165, 1.54) is 4.90 Å². The molecule has 34 heavy (non-hydrogen) atoms. The molecule has 0 spiro atoms. The monoisotopic (exact) mass is 457 g/mol. The Kier molecular flexibility index (Phi) is 6.41. The van der Waals surface area contributed by atoms with Crippen LogP contribution in [-0.2, 0) is 9.59 Å². The largest absolute Gasteiger partial charge is 0.507 e. The van der Waals surface area contributed by atoms with Crippen LogP contribution in [0.2, 0.25) is 0 Å². The van der Waals surface area contributed by atoms with E-state index >= 15 is 0 Å². The number of Topliss-reactive ketones (excluding diaryl/α,β-unsaturated/α-hetero) is 1. The number of hydrogen-bond donors (Lipinski definition) is 1. The maximum Gasteiger partial charge on any atom is 0.300 e. The first kappa shape index (κ1) is 23.1. The molecule has 6 nitrogen and oxygen atoms in total. The third-order valence-electron chi connectivity index (χ3n) is 5.93. The summed E-state index contributed by atoms with van der Waals surface area (Å²) in [6.45, 7) is 6.23. The lowest BCUT2D eigenvalue weighted by Gasteiger charge is -2.25. The average molecular weight is 458 g/mol. The molecule has 0 aliphatic carbocycles. The molecule has 0 saturated carbocycles. The molecule has 1 N–H and O–H groups in total. The van der Waals surface area contributed by atoms with Crippen molar-refractivity contribution in [3.8, 4) is 11.5 Å². The van der Waals surface area contributed by atoms with Gasteiger partial charge in [-0.25, -0.2) is 0 Å². The second-order valence-corrected chi connectivity index (χ2v) is 8.19. The first-order chi connectivity index (χ1) is 16.3. The SMILES string of the molecule is CCOc1ccc(C2/C(=C(/O)c3ccc(OC)c(C)c3)C(=O)C(=O)N2c2ccc(C)cc2)cc1. The second kappa shape index (κ2) is 9.43. The first-order valence-corrected chi connectivity index (χ1v) is 11.1. The van der Waals surface area contributed by atoms with Crippen molar-refractivity contribution >= 4 is 23.1 Å². The van der Waals surface area contributed by atoms with Crippen LogP contribution in [0, 0.1) is 13.8 Å². The summed E-state index contributed by atoms with van der Waals surface area (Å²) in [6, 6.07) is 19.0. The number of benzene rings is 3. The highest BCUT2D eigenvalue weighted by Crippen LogP contribution is 2.42. The number of aliphatic hydroxyl groups is 1. The van der Waals surface area contributed by atoms with E-state index < -0.39 is 17.7 Å². The predicted molar refractivity (Wildman–Crippen MR) is 131 cm³/mol. The molecular formula is C28H27NO5. The van der Waals surface area contributed by atoms with Crippen LogP contribution in [0.3, 0.4) is 0 Å². The zero-order valence-corrected chi connectivity index (χ0v) is 19.7. The number of anilines is 1. The number of nitrogens with zero attached hydrogens (tertiary/aromatic N) is 1. The third kappa shape index (κ3) is 4.15. The maximum atomic E-state index is 13.3. The third-order valence-corrected chi connectivity index (χ3v) is 5.93. The Morgan fingerprint density at radius 2 is 1.65 bits per heavy atom. The fourth-order valence-electron chi connectivity index (χ4n) is 4.21. The molecule has 0 radical (unpaired) electrons. The van der Waals surface area contributed by atoms with Crippen molar-refractivity contribution in [2.24, 2.45) is 0 Å². The normalized spacial score (nSPS) is 17.2. The highest BCUT2D eigenvalue weighted by atomic mass is 16.5. The van der Waals surface area contributed by atoms with Gasteiger partial charge in [-0.15, -0.1) is 0 Å². The minimum atomic E-state index is -0.791. The number of aryl methyl sites for hydroxylation is 2.